The smallest absolute Gasteiger partial charge is 0.233 e. The summed E-state index contributed by atoms with van der Waals surface area (Å²) in [4.78, 5) is 13.2. The Kier molecular flexibility index (Phi) is 5.45. The highest BCUT2D eigenvalue weighted by Crippen LogP contribution is 2.55. The Morgan fingerprint density at radius 2 is 1.94 bits per heavy atom. The molecular formula is C25H32N4OS. The third-order valence-electron chi connectivity index (χ3n) is 7.38. The van der Waals surface area contributed by atoms with Crippen LogP contribution in [0.25, 0.3) is 11.4 Å². The zero-order chi connectivity index (χ0) is 21.6. The van der Waals surface area contributed by atoms with Crippen LogP contribution in [0.4, 0.5) is 0 Å². The van der Waals surface area contributed by atoms with E-state index in [4.69, 9.17) is 0 Å². The minimum Gasteiger partial charge on any atom is -0.350 e. The summed E-state index contributed by atoms with van der Waals surface area (Å²) < 4.78 is 2.06. The van der Waals surface area contributed by atoms with Gasteiger partial charge in [0.15, 0.2) is 11.0 Å². The predicted octanol–water partition coefficient (Wildman–Crippen LogP) is 5.01. The molecule has 1 aromatic carbocycles. The Bertz CT molecular complexity index is 962. The molecule has 4 saturated carbocycles. The molecule has 1 unspecified atom stereocenters. The van der Waals surface area contributed by atoms with E-state index in [1.165, 1.54) is 55.9 Å². The number of nitrogens with one attached hydrogen (secondary N) is 1. The van der Waals surface area contributed by atoms with Crippen molar-refractivity contribution in [2.24, 2.45) is 17.8 Å². The maximum absolute atomic E-state index is 13.2. The van der Waals surface area contributed by atoms with Gasteiger partial charge in [0.05, 0.1) is 5.25 Å². The molecule has 164 valence electrons. The molecule has 6 heteroatoms. The Balaban J connectivity index is 1.31. The number of rotatable bonds is 7. The molecule has 1 amide bonds. The van der Waals surface area contributed by atoms with Crippen molar-refractivity contribution in [3.63, 3.8) is 0 Å². The monoisotopic (exact) mass is 436 g/mol. The number of carbonyl (C=O) groups excluding carboxylic acids is 1. The molecule has 1 heterocycles. The van der Waals surface area contributed by atoms with E-state index in [0.29, 0.717) is 6.54 Å². The van der Waals surface area contributed by atoms with Gasteiger partial charge in [-0.2, -0.15) is 0 Å². The summed E-state index contributed by atoms with van der Waals surface area (Å²) in [7, 11) is 0. The van der Waals surface area contributed by atoms with Gasteiger partial charge in [-0.15, -0.1) is 16.8 Å². The van der Waals surface area contributed by atoms with E-state index in [0.717, 1.165) is 34.3 Å². The quantitative estimate of drug-likeness (QED) is 0.490. The molecule has 31 heavy (non-hydrogen) atoms. The number of benzene rings is 1. The third kappa shape index (κ3) is 4.07. The topological polar surface area (TPSA) is 59.8 Å². The lowest BCUT2D eigenvalue weighted by molar-refractivity contribution is -0.126. The number of amides is 1. The molecule has 0 aliphatic heterocycles. The standard InChI is InChI=1S/C25H32N4OS/c1-4-8-29-22(21-7-5-6-16(2)9-21)27-28-24(29)31-17(3)23(30)26-25-13-18-10-19(14-25)12-20(11-18)15-25/h4-7,9,17-20H,1,8,10-15H2,2-3H3,(H,26,30). The van der Waals surface area contributed by atoms with E-state index < -0.39 is 0 Å². The van der Waals surface area contributed by atoms with Gasteiger partial charge in [0.25, 0.3) is 0 Å². The Morgan fingerprint density at radius 3 is 2.55 bits per heavy atom. The molecule has 5 nitrogen and oxygen atoms in total. The molecule has 6 rings (SSSR count). The fourth-order valence-corrected chi connectivity index (χ4v) is 7.36. The van der Waals surface area contributed by atoms with Crippen molar-refractivity contribution < 1.29 is 4.79 Å². The zero-order valence-corrected chi connectivity index (χ0v) is 19.3. The van der Waals surface area contributed by atoms with Crippen LogP contribution in [-0.4, -0.2) is 31.5 Å². The number of hydrogen-bond acceptors (Lipinski definition) is 4. The van der Waals surface area contributed by atoms with Gasteiger partial charge in [-0.1, -0.05) is 41.6 Å². The van der Waals surface area contributed by atoms with Gasteiger partial charge < -0.3 is 5.32 Å². The molecule has 1 aromatic heterocycles. The Labute approximate surface area is 189 Å². The maximum Gasteiger partial charge on any atom is 0.233 e. The van der Waals surface area contributed by atoms with Crippen molar-refractivity contribution >= 4 is 17.7 Å². The van der Waals surface area contributed by atoms with E-state index in [-0.39, 0.29) is 16.7 Å². The first kappa shape index (κ1) is 20.8. The van der Waals surface area contributed by atoms with Gasteiger partial charge in [-0.05, 0) is 76.2 Å². The van der Waals surface area contributed by atoms with Gasteiger partial charge in [-0.25, -0.2) is 0 Å². The van der Waals surface area contributed by atoms with E-state index in [9.17, 15) is 4.79 Å². The lowest BCUT2D eigenvalue weighted by atomic mass is 9.53. The van der Waals surface area contributed by atoms with Gasteiger partial charge >= 0.3 is 0 Å². The van der Waals surface area contributed by atoms with Crippen LogP contribution in [0.15, 0.2) is 42.1 Å². The molecule has 0 spiro atoms. The second-order valence-electron chi connectivity index (χ2n) is 10.0. The molecule has 4 bridgehead atoms. The van der Waals surface area contributed by atoms with Crippen molar-refractivity contribution in [3.05, 3.63) is 42.5 Å². The fourth-order valence-electron chi connectivity index (χ4n) is 6.51. The van der Waals surface area contributed by atoms with E-state index in [2.05, 4.69) is 45.7 Å². The first-order valence-electron chi connectivity index (χ1n) is 11.5. The summed E-state index contributed by atoms with van der Waals surface area (Å²) in [5.74, 6) is 3.42. The highest BCUT2D eigenvalue weighted by molar-refractivity contribution is 8.00. The summed E-state index contributed by atoms with van der Waals surface area (Å²) in [6, 6.07) is 8.27. The lowest BCUT2D eigenvalue weighted by Gasteiger charge is -2.57. The van der Waals surface area contributed by atoms with Crippen LogP contribution in [0.2, 0.25) is 0 Å². The molecule has 1 atom stereocenters. The normalized spacial score (nSPS) is 29.7. The number of aryl methyl sites for hydroxylation is 1. The molecule has 0 radical (unpaired) electrons. The average molecular weight is 437 g/mol. The van der Waals surface area contributed by atoms with Gasteiger partial charge in [0, 0.05) is 17.6 Å². The van der Waals surface area contributed by atoms with Crippen LogP contribution in [0.1, 0.15) is 51.0 Å². The Hall–Kier alpha value is -2.08. The molecule has 4 aliphatic rings. The van der Waals surface area contributed by atoms with E-state index in [1.807, 2.05) is 25.1 Å². The first-order chi connectivity index (χ1) is 14.9. The fraction of sp³-hybridized carbons (Fsp3) is 0.560. The van der Waals surface area contributed by atoms with Crippen LogP contribution >= 0.6 is 11.8 Å². The van der Waals surface area contributed by atoms with Crippen LogP contribution in [0.5, 0.6) is 0 Å². The van der Waals surface area contributed by atoms with Gasteiger partial charge in [-0.3, -0.25) is 9.36 Å². The maximum atomic E-state index is 13.2. The number of nitrogens with zero attached hydrogens (tertiary/aromatic N) is 3. The van der Waals surface area contributed by atoms with Crippen LogP contribution < -0.4 is 5.32 Å². The predicted molar refractivity (Wildman–Crippen MR) is 125 cm³/mol. The van der Waals surface area contributed by atoms with E-state index in [1.54, 1.807) is 0 Å². The zero-order valence-electron chi connectivity index (χ0n) is 18.5. The van der Waals surface area contributed by atoms with Crippen LogP contribution in [0, 0.1) is 24.7 Å². The highest BCUT2D eigenvalue weighted by atomic mass is 32.2. The summed E-state index contributed by atoms with van der Waals surface area (Å²) in [6.07, 6.45) is 9.52. The number of allylic oxidation sites excluding steroid dienone is 1. The molecule has 1 N–H and O–H groups in total. The molecule has 4 aliphatic carbocycles. The number of carbonyl (C=O) groups is 1. The molecular weight excluding hydrogens is 404 g/mol. The Morgan fingerprint density at radius 1 is 1.26 bits per heavy atom. The minimum absolute atomic E-state index is 0.0438. The third-order valence-corrected chi connectivity index (χ3v) is 8.46. The molecule has 0 saturated heterocycles. The average Bonchev–Trinajstić information content (AvgIpc) is 3.09. The SMILES string of the molecule is C=CCn1c(SC(C)C(=O)NC23CC4CC(CC(C4)C2)C3)nnc1-c1cccc(C)c1. The van der Waals surface area contributed by atoms with Crippen molar-refractivity contribution in [1.82, 2.24) is 20.1 Å². The summed E-state index contributed by atoms with van der Waals surface area (Å²) >= 11 is 1.50. The summed E-state index contributed by atoms with van der Waals surface area (Å²) in [6.45, 7) is 8.57. The second-order valence-corrected chi connectivity index (χ2v) is 11.3. The van der Waals surface area contributed by atoms with Gasteiger partial charge in [0.2, 0.25) is 5.91 Å². The van der Waals surface area contributed by atoms with Crippen LogP contribution in [0.3, 0.4) is 0 Å². The van der Waals surface area contributed by atoms with Crippen molar-refractivity contribution in [1.29, 1.82) is 0 Å². The summed E-state index contributed by atoms with van der Waals surface area (Å²) in [5.41, 5.74) is 2.26. The second kappa shape index (κ2) is 8.12. The first-order valence-corrected chi connectivity index (χ1v) is 12.4. The van der Waals surface area contributed by atoms with Crippen molar-refractivity contribution in [2.45, 2.75) is 74.9 Å². The minimum atomic E-state index is -0.217. The summed E-state index contributed by atoms with van der Waals surface area (Å²) in [5, 5.41) is 12.9. The molecule has 4 fully saturated rings. The highest BCUT2D eigenvalue weighted by Gasteiger charge is 2.51. The number of hydrogen-bond donors (Lipinski definition) is 1. The van der Waals surface area contributed by atoms with Crippen molar-refractivity contribution in [3.8, 4) is 11.4 Å². The largest absolute Gasteiger partial charge is 0.350 e. The van der Waals surface area contributed by atoms with Crippen LogP contribution in [-0.2, 0) is 11.3 Å². The number of thioether (sulfide) groups is 1. The van der Waals surface area contributed by atoms with E-state index >= 15 is 0 Å². The van der Waals surface area contributed by atoms with Crippen molar-refractivity contribution in [2.75, 3.05) is 0 Å². The number of aromatic nitrogens is 3. The van der Waals surface area contributed by atoms with Gasteiger partial charge in [0.1, 0.15) is 0 Å². The molecule has 2 aromatic rings. The lowest BCUT2D eigenvalue weighted by Crippen LogP contribution is -2.60.